The summed E-state index contributed by atoms with van der Waals surface area (Å²) < 4.78 is 28.6. The number of H-pyrrole nitrogens is 1. The van der Waals surface area contributed by atoms with Crippen LogP contribution >= 0.6 is 23.2 Å². The fraction of sp³-hybridized carbons (Fsp3) is 0.167. The Morgan fingerprint density at radius 1 is 1.14 bits per heavy atom. The molecule has 0 spiro atoms. The molecule has 2 heterocycles. The first-order chi connectivity index (χ1) is 13.3. The Labute approximate surface area is 170 Å². The quantitative estimate of drug-likeness (QED) is 0.654. The molecule has 0 amide bonds. The third kappa shape index (κ3) is 3.12. The lowest BCUT2D eigenvalue weighted by molar-refractivity contribution is 0.424. The summed E-state index contributed by atoms with van der Waals surface area (Å²) in [5.41, 5.74) is 1.88. The standard InChI is InChI=1S/C18H15Cl2N3O4S/c19-11-9-13(20)17(24)16(10-11)28(26,27)22-7-5-12(6-8-22)23-15-4-2-1-3-14(15)21-18(23)25/h1-5,9-10,24H,6-8H2,(H,21,25). The minimum absolute atomic E-state index is 0.0488. The maximum atomic E-state index is 12.9. The van der Waals surface area contributed by atoms with E-state index in [0.29, 0.717) is 17.6 Å². The highest BCUT2D eigenvalue weighted by atomic mass is 35.5. The molecular weight excluding hydrogens is 425 g/mol. The first-order valence-corrected chi connectivity index (χ1v) is 10.6. The second-order valence-electron chi connectivity index (χ2n) is 6.33. The maximum Gasteiger partial charge on any atom is 0.330 e. The number of nitrogens with one attached hydrogen (secondary N) is 1. The van der Waals surface area contributed by atoms with E-state index in [-0.39, 0.29) is 33.7 Å². The summed E-state index contributed by atoms with van der Waals surface area (Å²) >= 11 is 11.8. The molecule has 1 aliphatic heterocycles. The molecule has 1 aromatic heterocycles. The van der Waals surface area contributed by atoms with Crippen LogP contribution in [0, 0.1) is 0 Å². The number of hydrogen-bond donors (Lipinski definition) is 2. The van der Waals surface area contributed by atoms with Gasteiger partial charge in [0.15, 0.2) is 5.75 Å². The summed E-state index contributed by atoms with van der Waals surface area (Å²) in [5.74, 6) is -0.534. The molecule has 0 bridgehead atoms. The van der Waals surface area contributed by atoms with Crippen LogP contribution in [0.2, 0.25) is 10.0 Å². The van der Waals surface area contributed by atoms with E-state index in [4.69, 9.17) is 23.2 Å². The molecule has 2 aromatic carbocycles. The average Bonchev–Trinajstić information content (AvgIpc) is 3.00. The van der Waals surface area contributed by atoms with Crippen LogP contribution in [-0.4, -0.2) is 40.5 Å². The van der Waals surface area contributed by atoms with Gasteiger partial charge in [0.1, 0.15) is 4.90 Å². The summed E-state index contributed by atoms with van der Waals surface area (Å²) in [5, 5.41) is 10.1. The zero-order valence-corrected chi connectivity index (χ0v) is 16.7. The predicted octanol–water partition coefficient (Wildman–Crippen LogP) is 3.28. The van der Waals surface area contributed by atoms with Gasteiger partial charge in [-0.25, -0.2) is 13.2 Å². The van der Waals surface area contributed by atoms with Crippen molar-refractivity contribution in [2.45, 2.75) is 11.3 Å². The zero-order valence-electron chi connectivity index (χ0n) is 14.4. The number of fused-ring (bicyclic) bond motifs is 1. The van der Waals surface area contributed by atoms with Crippen LogP contribution in [0.25, 0.3) is 16.7 Å². The lowest BCUT2D eigenvalue weighted by Crippen LogP contribution is -2.36. The smallest absolute Gasteiger partial charge is 0.330 e. The Balaban J connectivity index is 1.69. The van der Waals surface area contributed by atoms with Gasteiger partial charge in [0, 0.05) is 30.2 Å². The Kier molecular flexibility index (Phi) is 4.75. The van der Waals surface area contributed by atoms with Crippen molar-refractivity contribution in [3.05, 3.63) is 63.0 Å². The number of nitrogens with zero attached hydrogens (tertiary/aromatic N) is 2. The normalized spacial score (nSPS) is 15.7. The Bertz CT molecular complexity index is 1280. The SMILES string of the molecule is O=c1[nH]c2ccccc2n1C1=CCN(S(=O)(=O)c2cc(Cl)cc(Cl)c2O)CC1. The fourth-order valence-corrected chi connectivity index (χ4v) is 5.40. The van der Waals surface area contributed by atoms with E-state index in [1.54, 1.807) is 16.7 Å². The molecule has 0 unspecified atom stereocenters. The summed E-state index contributed by atoms with van der Waals surface area (Å²) in [6, 6.07) is 9.73. The van der Waals surface area contributed by atoms with Gasteiger partial charge in [0.25, 0.3) is 0 Å². The lowest BCUT2D eigenvalue weighted by Gasteiger charge is -2.26. The molecule has 10 heteroatoms. The monoisotopic (exact) mass is 439 g/mol. The van der Waals surface area contributed by atoms with E-state index >= 15 is 0 Å². The molecular formula is C18H15Cl2N3O4S. The number of halogens is 2. The van der Waals surface area contributed by atoms with Gasteiger partial charge in [0.2, 0.25) is 10.0 Å². The van der Waals surface area contributed by atoms with E-state index in [1.165, 1.54) is 16.4 Å². The van der Waals surface area contributed by atoms with E-state index < -0.39 is 15.8 Å². The van der Waals surface area contributed by atoms with Crippen molar-refractivity contribution in [3.63, 3.8) is 0 Å². The molecule has 0 aliphatic carbocycles. The second-order valence-corrected chi connectivity index (χ2v) is 9.08. The highest BCUT2D eigenvalue weighted by Crippen LogP contribution is 2.36. The van der Waals surface area contributed by atoms with Crippen molar-refractivity contribution in [2.75, 3.05) is 13.1 Å². The lowest BCUT2D eigenvalue weighted by atomic mass is 10.2. The Hall–Kier alpha value is -2.26. The molecule has 2 N–H and O–H groups in total. The van der Waals surface area contributed by atoms with Crippen molar-refractivity contribution >= 4 is 50.0 Å². The number of phenols is 1. The topological polar surface area (TPSA) is 95.4 Å². The number of benzene rings is 2. The van der Waals surface area contributed by atoms with Gasteiger partial charge in [-0.05, 0) is 30.3 Å². The Morgan fingerprint density at radius 3 is 2.61 bits per heavy atom. The van der Waals surface area contributed by atoms with E-state index in [0.717, 1.165) is 5.52 Å². The highest BCUT2D eigenvalue weighted by molar-refractivity contribution is 7.89. The number of aromatic nitrogens is 2. The molecule has 1 aliphatic rings. The van der Waals surface area contributed by atoms with E-state index in [1.807, 2.05) is 18.2 Å². The number of aromatic amines is 1. The van der Waals surface area contributed by atoms with Crippen molar-refractivity contribution in [1.29, 1.82) is 0 Å². The van der Waals surface area contributed by atoms with Crippen molar-refractivity contribution in [1.82, 2.24) is 13.9 Å². The third-order valence-electron chi connectivity index (χ3n) is 4.64. The van der Waals surface area contributed by atoms with Crippen LogP contribution < -0.4 is 5.69 Å². The minimum atomic E-state index is -4.01. The van der Waals surface area contributed by atoms with E-state index in [2.05, 4.69) is 4.98 Å². The zero-order chi connectivity index (χ0) is 20.1. The predicted molar refractivity (Wildman–Crippen MR) is 108 cm³/mol. The van der Waals surface area contributed by atoms with Gasteiger partial charge < -0.3 is 10.1 Å². The van der Waals surface area contributed by atoms with Gasteiger partial charge in [0.05, 0.1) is 16.1 Å². The molecule has 3 aromatic rings. The molecule has 0 fully saturated rings. The van der Waals surface area contributed by atoms with Crippen LogP contribution in [0.5, 0.6) is 5.75 Å². The van der Waals surface area contributed by atoms with Crippen LogP contribution in [0.1, 0.15) is 6.42 Å². The number of phenolic OH excluding ortho intramolecular Hbond substituents is 1. The second kappa shape index (κ2) is 6.97. The first-order valence-electron chi connectivity index (χ1n) is 8.36. The molecule has 7 nitrogen and oxygen atoms in total. The fourth-order valence-electron chi connectivity index (χ4n) is 3.28. The van der Waals surface area contributed by atoms with Gasteiger partial charge in [-0.1, -0.05) is 35.3 Å². The number of aromatic hydroxyl groups is 1. The van der Waals surface area contributed by atoms with Crippen LogP contribution in [-0.2, 0) is 10.0 Å². The minimum Gasteiger partial charge on any atom is -0.505 e. The van der Waals surface area contributed by atoms with Crippen LogP contribution in [0.15, 0.2) is 52.2 Å². The highest BCUT2D eigenvalue weighted by Gasteiger charge is 2.30. The summed E-state index contributed by atoms with van der Waals surface area (Å²) in [6.45, 7) is 0.191. The largest absolute Gasteiger partial charge is 0.505 e. The molecule has 146 valence electrons. The van der Waals surface area contributed by atoms with E-state index in [9.17, 15) is 18.3 Å². The number of para-hydroxylation sites is 2. The third-order valence-corrected chi connectivity index (χ3v) is 7.02. The van der Waals surface area contributed by atoms with Crippen molar-refractivity contribution < 1.29 is 13.5 Å². The van der Waals surface area contributed by atoms with Crippen molar-refractivity contribution in [2.24, 2.45) is 0 Å². The van der Waals surface area contributed by atoms with Gasteiger partial charge in [-0.3, -0.25) is 4.57 Å². The average molecular weight is 440 g/mol. The molecule has 28 heavy (non-hydrogen) atoms. The summed E-state index contributed by atoms with van der Waals surface area (Å²) in [7, 11) is -4.01. The molecule has 0 radical (unpaired) electrons. The number of rotatable bonds is 3. The number of sulfonamides is 1. The number of hydrogen-bond acceptors (Lipinski definition) is 4. The van der Waals surface area contributed by atoms with Crippen LogP contribution in [0.3, 0.4) is 0 Å². The maximum absolute atomic E-state index is 12.9. The number of imidazole rings is 1. The van der Waals surface area contributed by atoms with Crippen molar-refractivity contribution in [3.8, 4) is 5.75 Å². The summed E-state index contributed by atoms with van der Waals surface area (Å²) in [4.78, 5) is 14.8. The molecule has 0 saturated carbocycles. The Morgan fingerprint density at radius 2 is 1.89 bits per heavy atom. The van der Waals surface area contributed by atoms with Gasteiger partial charge in [-0.15, -0.1) is 0 Å². The van der Waals surface area contributed by atoms with Crippen LogP contribution in [0.4, 0.5) is 0 Å². The first kappa shape index (κ1) is 19.1. The summed E-state index contributed by atoms with van der Waals surface area (Å²) in [6.07, 6.45) is 2.02. The molecule has 0 atom stereocenters. The molecule has 4 rings (SSSR count). The molecule has 0 saturated heterocycles. The van der Waals surface area contributed by atoms with Gasteiger partial charge in [-0.2, -0.15) is 4.31 Å². The van der Waals surface area contributed by atoms with Gasteiger partial charge >= 0.3 is 5.69 Å².